The monoisotopic (exact) mass is 262 g/mol. The van der Waals surface area contributed by atoms with Gasteiger partial charge in [-0.2, -0.15) is 0 Å². The lowest BCUT2D eigenvalue weighted by molar-refractivity contribution is -0.116. The van der Waals surface area contributed by atoms with Gasteiger partial charge in [-0.25, -0.2) is 0 Å². The summed E-state index contributed by atoms with van der Waals surface area (Å²) in [5.74, 6) is -0.185. The number of rotatable bonds is 3. The van der Waals surface area contributed by atoms with E-state index in [2.05, 4.69) is 5.32 Å². The van der Waals surface area contributed by atoms with Crippen LogP contribution in [0.25, 0.3) is 0 Å². The van der Waals surface area contributed by atoms with Gasteiger partial charge in [0, 0.05) is 31.3 Å². The lowest BCUT2D eigenvalue weighted by Gasteiger charge is -2.15. The van der Waals surface area contributed by atoms with Crippen LogP contribution in [0.2, 0.25) is 0 Å². The lowest BCUT2D eigenvalue weighted by atomic mass is 10.1. The molecule has 1 heterocycles. The van der Waals surface area contributed by atoms with Gasteiger partial charge < -0.3 is 15.3 Å². The fourth-order valence-electron chi connectivity index (χ4n) is 2.21. The van der Waals surface area contributed by atoms with Gasteiger partial charge in [-0.3, -0.25) is 9.59 Å². The Morgan fingerprint density at radius 1 is 1.47 bits per heavy atom. The fourth-order valence-corrected chi connectivity index (χ4v) is 2.21. The predicted molar refractivity (Wildman–Crippen MR) is 72.2 cm³/mol. The highest BCUT2D eigenvalue weighted by molar-refractivity contribution is 5.97. The van der Waals surface area contributed by atoms with Crippen LogP contribution in [-0.2, 0) is 11.2 Å². The van der Waals surface area contributed by atoms with Gasteiger partial charge in [0.25, 0.3) is 5.91 Å². The Hall–Kier alpha value is -1.88. The first kappa shape index (κ1) is 13.5. The molecule has 1 unspecified atom stereocenters. The maximum absolute atomic E-state index is 11.9. The molecule has 1 aliphatic rings. The first-order valence-electron chi connectivity index (χ1n) is 6.36. The van der Waals surface area contributed by atoms with E-state index in [9.17, 15) is 9.59 Å². The second-order valence-electron chi connectivity index (χ2n) is 4.82. The topological polar surface area (TPSA) is 69.6 Å². The molecule has 2 N–H and O–H groups in total. The molecular weight excluding hydrogens is 244 g/mol. The summed E-state index contributed by atoms with van der Waals surface area (Å²) in [6.45, 7) is 4.06. The summed E-state index contributed by atoms with van der Waals surface area (Å²) in [7, 11) is 0. The Bertz CT molecular complexity index is 511. The van der Waals surface area contributed by atoms with Crippen molar-refractivity contribution in [2.45, 2.75) is 26.4 Å². The van der Waals surface area contributed by atoms with E-state index in [1.807, 2.05) is 6.07 Å². The van der Waals surface area contributed by atoms with Crippen LogP contribution < -0.4 is 10.2 Å². The Balaban J connectivity index is 2.14. The number of aliphatic hydroxyl groups excluding tert-OH is 1. The average Bonchev–Trinajstić information content (AvgIpc) is 2.78. The highest BCUT2D eigenvalue weighted by Gasteiger charge is 2.23. The molecule has 102 valence electrons. The minimum absolute atomic E-state index is 0.0186. The molecule has 19 heavy (non-hydrogen) atoms. The van der Waals surface area contributed by atoms with E-state index in [4.69, 9.17) is 5.11 Å². The number of hydrogen-bond donors (Lipinski definition) is 2. The molecule has 1 aliphatic heterocycles. The van der Waals surface area contributed by atoms with E-state index in [-0.39, 0.29) is 18.4 Å². The number of amides is 2. The number of nitrogens with one attached hydrogen (secondary N) is 1. The van der Waals surface area contributed by atoms with E-state index in [1.54, 1.807) is 30.9 Å². The van der Waals surface area contributed by atoms with E-state index in [0.717, 1.165) is 17.7 Å². The van der Waals surface area contributed by atoms with Gasteiger partial charge in [0.2, 0.25) is 5.91 Å². The van der Waals surface area contributed by atoms with E-state index in [0.29, 0.717) is 12.1 Å². The average molecular weight is 262 g/mol. The zero-order chi connectivity index (χ0) is 14.0. The summed E-state index contributed by atoms with van der Waals surface area (Å²) >= 11 is 0. The van der Waals surface area contributed by atoms with Crippen LogP contribution in [-0.4, -0.2) is 36.1 Å². The molecule has 0 fully saturated rings. The molecule has 0 saturated carbocycles. The van der Waals surface area contributed by atoms with Crippen molar-refractivity contribution in [2.24, 2.45) is 0 Å². The third-order valence-electron chi connectivity index (χ3n) is 3.18. The van der Waals surface area contributed by atoms with Crippen LogP contribution in [0.3, 0.4) is 0 Å². The quantitative estimate of drug-likeness (QED) is 0.842. The van der Waals surface area contributed by atoms with Crippen LogP contribution in [0.5, 0.6) is 0 Å². The van der Waals surface area contributed by atoms with Gasteiger partial charge in [-0.1, -0.05) is 0 Å². The number of carbonyl (C=O) groups excluding carboxylic acids is 2. The highest BCUT2D eigenvalue weighted by Crippen LogP contribution is 2.28. The molecule has 0 aliphatic carbocycles. The van der Waals surface area contributed by atoms with E-state index in [1.165, 1.54) is 0 Å². The summed E-state index contributed by atoms with van der Waals surface area (Å²) in [5, 5.41) is 11.8. The number of carbonyl (C=O) groups is 2. The largest absolute Gasteiger partial charge is 0.392 e. The van der Waals surface area contributed by atoms with Gasteiger partial charge in [-0.05, 0) is 37.1 Å². The van der Waals surface area contributed by atoms with E-state index < -0.39 is 6.10 Å². The maximum atomic E-state index is 11.9. The molecular formula is C14H18N2O3. The second-order valence-corrected chi connectivity index (χ2v) is 4.82. The molecule has 1 atom stereocenters. The minimum Gasteiger partial charge on any atom is -0.392 e. The van der Waals surface area contributed by atoms with Crippen LogP contribution in [0, 0.1) is 0 Å². The Morgan fingerprint density at radius 3 is 2.84 bits per heavy atom. The number of aliphatic hydroxyl groups is 1. The van der Waals surface area contributed by atoms with Crippen molar-refractivity contribution < 1.29 is 14.7 Å². The van der Waals surface area contributed by atoms with Crippen molar-refractivity contribution in [3.63, 3.8) is 0 Å². The zero-order valence-corrected chi connectivity index (χ0v) is 11.1. The summed E-state index contributed by atoms with van der Waals surface area (Å²) < 4.78 is 0. The lowest BCUT2D eigenvalue weighted by Crippen LogP contribution is -2.30. The fraction of sp³-hybridized carbons (Fsp3) is 0.429. The van der Waals surface area contributed by atoms with Crippen LogP contribution in [0.4, 0.5) is 5.69 Å². The third-order valence-corrected chi connectivity index (χ3v) is 3.18. The number of fused-ring (bicyclic) bond motifs is 1. The molecule has 0 radical (unpaired) electrons. The molecule has 1 aromatic rings. The summed E-state index contributed by atoms with van der Waals surface area (Å²) in [5.41, 5.74) is 2.46. The van der Waals surface area contributed by atoms with Crippen molar-refractivity contribution in [1.29, 1.82) is 0 Å². The van der Waals surface area contributed by atoms with Crippen LogP contribution >= 0.6 is 0 Å². The van der Waals surface area contributed by atoms with Gasteiger partial charge in [0.1, 0.15) is 0 Å². The van der Waals surface area contributed by atoms with Crippen molar-refractivity contribution >= 4 is 17.5 Å². The molecule has 5 heteroatoms. The molecule has 0 spiro atoms. The molecule has 2 rings (SSSR count). The van der Waals surface area contributed by atoms with Crippen molar-refractivity contribution in [3.8, 4) is 0 Å². The van der Waals surface area contributed by atoms with Crippen molar-refractivity contribution in [3.05, 3.63) is 29.3 Å². The van der Waals surface area contributed by atoms with Crippen LogP contribution in [0.15, 0.2) is 18.2 Å². The summed E-state index contributed by atoms with van der Waals surface area (Å²) in [6.07, 6.45) is 0.207. The highest BCUT2D eigenvalue weighted by atomic mass is 16.3. The number of hydrogen-bond acceptors (Lipinski definition) is 3. The Morgan fingerprint density at radius 2 is 2.21 bits per heavy atom. The standard InChI is InChI=1S/C14H18N2O3/c1-9(17)8-15-14(19)12-3-4-13-11(7-12)5-6-16(13)10(2)18/h3-4,7,9,17H,5-6,8H2,1-2H3,(H,15,19). The van der Waals surface area contributed by atoms with Crippen molar-refractivity contribution in [1.82, 2.24) is 5.32 Å². The predicted octanol–water partition coefficient (Wildman–Crippen LogP) is 0.706. The number of benzene rings is 1. The summed E-state index contributed by atoms with van der Waals surface area (Å²) in [4.78, 5) is 25.0. The van der Waals surface area contributed by atoms with Gasteiger partial charge in [-0.15, -0.1) is 0 Å². The summed E-state index contributed by atoms with van der Waals surface area (Å²) in [6, 6.07) is 5.33. The molecule has 0 saturated heterocycles. The number of nitrogens with zero attached hydrogens (tertiary/aromatic N) is 1. The third kappa shape index (κ3) is 2.93. The normalized spacial score (nSPS) is 15.0. The molecule has 1 aromatic carbocycles. The molecule has 0 aromatic heterocycles. The Kier molecular flexibility index (Phi) is 3.85. The maximum Gasteiger partial charge on any atom is 0.251 e. The van der Waals surface area contributed by atoms with Crippen molar-refractivity contribution in [2.75, 3.05) is 18.0 Å². The van der Waals surface area contributed by atoms with E-state index >= 15 is 0 Å². The minimum atomic E-state index is -0.563. The zero-order valence-electron chi connectivity index (χ0n) is 11.1. The first-order chi connectivity index (χ1) is 8.99. The molecule has 2 amide bonds. The number of anilines is 1. The molecule has 5 nitrogen and oxygen atoms in total. The second kappa shape index (κ2) is 5.40. The first-order valence-corrected chi connectivity index (χ1v) is 6.36. The smallest absolute Gasteiger partial charge is 0.251 e. The van der Waals surface area contributed by atoms with Gasteiger partial charge in [0.15, 0.2) is 0 Å². The Labute approximate surface area is 112 Å². The SMILES string of the molecule is CC(=O)N1CCc2cc(C(=O)NCC(C)O)ccc21. The van der Waals surface area contributed by atoms with Crippen LogP contribution in [0.1, 0.15) is 29.8 Å². The van der Waals surface area contributed by atoms with Gasteiger partial charge >= 0.3 is 0 Å². The van der Waals surface area contributed by atoms with Gasteiger partial charge in [0.05, 0.1) is 6.10 Å². The molecule has 0 bridgehead atoms.